The number of nitrogens with zero attached hydrogens (tertiary/aromatic N) is 1. The summed E-state index contributed by atoms with van der Waals surface area (Å²) in [6.07, 6.45) is 8.18. The van der Waals surface area contributed by atoms with Gasteiger partial charge in [0, 0.05) is 17.9 Å². The van der Waals surface area contributed by atoms with Gasteiger partial charge < -0.3 is 0 Å². The molecule has 0 aliphatic heterocycles. The Morgan fingerprint density at radius 3 is 2.47 bits per heavy atom. The molecule has 3 saturated carbocycles. The third kappa shape index (κ3) is 2.16. The summed E-state index contributed by atoms with van der Waals surface area (Å²) >= 11 is 0. The number of allylic oxidation sites excluding steroid dienone is 2. The summed E-state index contributed by atoms with van der Waals surface area (Å²) in [5.41, 5.74) is 0.548. The maximum Gasteiger partial charge on any atom is 0.139 e. The Bertz CT molecular complexity index is 391. The van der Waals surface area contributed by atoms with Crippen LogP contribution in [0.25, 0.3) is 0 Å². The fraction of sp³-hybridized carbons (Fsp3) is 0.733. The molecule has 3 aliphatic carbocycles. The van der Waals surface area contributed by atoms with Crippen molar-refractivity contribution in [3.63, 3.8) is 0 Å². The van der Waals surface area contributed by atoms with Gasteiger partial charge >= 0.3 is 0 Å². The summed E-state index contributed by atoms with van der Waals surface area (Å²) in [5, 5.41) is 8.45. The van der Waals surface area contributed by atoms with E-state index in [-0.39, 0.29) is 10.8 Å². The molecule has 0 radical (unpaired) electrons. The van der Waals surface area contributed by atoms with Crippen LogP contribution in [0.3, 0.4) is 0 Å². The lowest BCUT2D eigenvalue weighted by atomic mass is 9.34. The standard InChI is InChI=1S/C15H21NO/c1-13(2,6-4-5-7-16)8-12(17)15-9-14(3,10-15)11-15/h4-5H,6,8-11H2,1-3H3. The van der Waals surface area contributed by atoms with Crippen LogP contribution in [-0.2, 0) is 4.79 Å². The normalized spacial score (nSPS) is 34.9. The number of nitriles is 1. The third-order valence-electron chi connectivity index (χ3n) is 4.39. The molecule has 3 fully saturated rings. The molecule has 0 aromatic carbocycles. The summed E-state index contributed by atoms with van der Waals surface area (Å²) in [6.45, 7) is 6.50. The summed E-state index contributed by atoms with van der Waals surface area (Å²) in [5.74, 6) is 0.455. The molecule has 2 bridgehead atoms. The van der Waals surface area contributed by atoms with Crippen LogP contribution in [0.15, 0.2) is 12.2 Å². The molecule has 0 aromatic heterocycles. The average Bonchev–Trinajstić information content (AvgIpc) is 2.10. The molecule has 0 spiro atoms. The summed E-state index contributed by atoms with van der Waals surface area (Å²) in [6, 6.07) is 1.99. The van der Waals surface area contributed by atoms with Crippen LogP contribution < -0.4 is 0 Å². The van der Waals surface area contributed by atoms with Crippen LogP contribution in [0, 0.1) is 27.6 Å². The van der Waals surface area contributed by atoms with Gasteiger partial charge in [0.1, 0.15) is 5.78 Å². The zero-order valence-electron chi connectivity index (χ0n) is 11.0. The summed E-state index contributed by atoms with van der Waals surface area (Å²) in [7, 11) is 0. The molecule has 2 nitrogen and oxygen atoms in total. The van der Waals surface area contributed by atoms with E-state index in [2.05, 4.69) is 20.8 Å². The van der Waals surface area contributed by atoms with Crippen molar-refractivity contribution in [2.75, 3.05) is 0 Å². The van der Waals surface area contributed by atoms with Crippen molar-refractivity contribution in [1.29, 1.82) is 5.26 Å². The van der Waals surface area contributed by atoms with Crippen LogP contribution in [0.2, 0.25) is 0 Å². The molecule has 0 saturated heterocycles. The van der Waals surface area contributed by atoms with Gasteiger partial charge in [0.15, 0.2) is 0 Å². The zero-order chi connectivity index (χ0) is 12.7. The third-order valence-corrected chi connectivity index (χ3v) is 4.39. The minimum atomic E-state index is -0.0131. The van der Waals surface area contributed by atoms with Crippen LogP contribution in [0.4, 0.5) is 0 Å². The number of carbonyl (C=O) groups excluding carboxylic acids is 1. The van der Waals surface area contributed by atoms with Gasteiger partial charge in [0.2, 0.25) is 0 Å². The van der Waals surface area contributed by atoms with E-state index < -0.39 is 0 Å². The Kier molecular flexibility index (Phi) is 2.69. The van der Waals surface area contributed by atoms with E-state index in [1.807, 2.05) is 12.1 Å². The van der Waals surface area contributed by atoms with Gasteiger partial charge in [-0.15, -0.1) is 0 Å². The number of carbonyl (C=O) groups is 1. The van der Waals surface area contributed by atoms with Crippen molar-refractivity contribution in [1.82, 2.24) is 0 Å². The van der Waals surface area contributed by atoms with Gasteiger partial charge in [0.25, 0.3) is 0 Å². The zero-order valence-corrected chi connectivity index (χ0v) is 11.0. The van der Waals surface area contributed by atoms with Crippen molar-refractivity contribution in [2.24, 2.45) is 16.2 Å². The number of Topliss-reactive ketones (excluding diaryl/α,β-unsaturated/α-hetero) is 1. The highest BCUT2D eigenvalue weighted by atomic mass is 16.1. The fourth-order valence-electron chi connectivity index (χ4n) is 3.72. The lowest BCUT2D eigenvalue weighted by molar-refractivity contribution is -0.199. The van der Waals surface area contributed by atoms with E-state index in [1.165, 1.54) is 6.08 Å². The van der Waals surface area contributed by atoms with E-state index in [1.54, 1.807) is 0 Å². The Balaban J connectivity index is 1.86. The minimum Gasteiger partial charge on any atom is -0.299 e. The molecule has 92 valence electrons. The Labute approximate surface area is 104 Å². The number of rotatable bonds is 5. The van der Waals surface area contributed by atoms with Crippen LogP contribution in [0.1, 0.15) is 52.9 Å². The maximum atomic E-state index is 12.3. The molecule has 17 heavy (non-hydrogen) atoms. The smallest absolute Gasteiger partial charge is 0.139 e. The highest BCUT2D eigenvalue weighted by Gasteiger charge is 2.68. The van der Waals surface area contributed by atoms with Crippen LogP contribution >= 0.6 is 0 Å². The average molecular weight is 231 g/mol. The SMILES string of the molecule is CC(C)(CC=CC#N)CC(=O)C12CC(C)(C1)C2. The molecule has 3 aliphatic rings. The Morgan fingerprint density at radius 1 is 1.41 bits per heavy atom. The quantitative estimate of drug-likeness (QED) is 0.678. The second-order valence-corrected chi connectivity index (χ2v) is 7.12. The topological polar surface area (TPSA) is 40.9 Å². The number of hydrogen-bond acceptors (Lipinski definition) is 2. The van der Waals surface area contributed by atoms with E-state index in [0.29, 0.717) is 17.6 Å². The van der Waals surface area contributed by atoms with E-state index in [4.69, 9.17) is 5.26 Å². The second-order valence-electron chi connectivity index (χ2n) is 7.12. The molecule has 2 heteroatoms. The lowest BCUT2D eigenvalue weighted by Gasteiger charge is -2.69. The number of ketones is 1. The Hall–Kier alpha value is -1.10. The molecule has 0 aromatic rings. The first-order valence-electron chi connectivity index (χ1n) is 6.39. The lowest BCUT2D eigenvalue weighted by Crippen LogP contribution is -2.64. The van der Waals surface area contributed by atoms with Gasteiger partial charge in [-0.25, -0.2) is 0 Å². The van der Waals surface area contributed by atoms with Gasteiger partial charge in [-0.3, -0.25) is 4.79 Å². The minimum absolute atomic E-state index is 0.0131. The van der Waals surface area contributed by atoms with Crippen molar-refractivity contribution in [2.45, 2.75) is 52.9 Å². The van der Waals surface area contributed by atoms with E-state index in [9.17, 15) is 4.79 Å². The molecule has 0 amide bonds. The largest absolute Gasteiger partial charge is 0.299 e. The monoisotopic (exact) mass is 231 g/mol. The van der Waals surface area contributed by atoms with Gasteiger partial charge in [-0.2, -0.15) is 5.26 Å². The Morgan fingerprint density at radius 2 is 2.00 bits per heavy atom. The van der Waals surface area contributed by atoms with E-state index >= 15 is 0 Å². The molecule has 3 rings (SSSR count). The molecule has 0 N–H and O–H groups in total. The first-order chi connectivity index (χ1) is 7.81. The molecular formula is C15H21NO. The van der Waals surface area contributed by atoms with E-state index in [0.717, 1.165) is 25.7 Å². The second kappa shape index (κ2) is 3.70. The molecule has 0 unspecified atom stereocenters. The van der Waals surface area contributed by atoms with Gasteiger partial charge in [-0.05, 0) is 36.5 Å². The highest BCUT2D eigenvalue weighted by molar-refractivity contribution is 5.88. The van der Waals surface area contributed by atoms with Gasteiger partial charge in [-0.1, -0.05) is 26.8 Å². The fourth-order valence-corrected chi connectivity index (χ4v) is 3.72. The first kappa shape index (κ1) is 12.4. The summed E-state index contributed by atoms with van der Waals surface area (Å²) in [4.78, 5) is 12.3. The van der Waals surface area contributed by atoms with Crippen LogP contribution in [-0.4, -0.2) is 5.78 Å². The van der Waals surface area contributed by atoms with Crippen molar-refractivity contribution >= 4 is 5.78 Å². The first-order valence-corrected chi connectivity index (χ1v) is 6.39. The van der Waals surface area contributed by atoms with Crippen molar-refractivity contribution < 1.29 is 4.79 Å². The maximum absolute atomic E-state index is 12.3. The summed E-state index contributed by atoms with van der Waals surface area (Å²) < 4.78 is 0. The number of hydrogen-bond donors (Lipinski definition) is 0. The van der Waals surface area contributed by atoms with Gasteiger partial charge in [0.05, 0.1) is 6.07 Å². The van der Waals surface area contributed by atoms with Crippen molar-refractivity contribution in [3.05, 3.63) is 12.2 Å². The van der Waals surface area contributed by atoms with Crippen molar-refractivity contribution in [3.8, 4) is 6.07 Å². The predicted molar refractivity (Wildman–Crippen MR) is 67.2 cm³/mol. The molecular weight excluding hydrogens is 210 g/mol. The molecule has 0 heterocycles. The predicted octanol–water partition coefficient (Wildman–Crippen LogP) is 3.63. The highest BCUT2D eigenvalue weighted by Crippen LogP contribution is 2.73. The molecule has 0 atom stereocenters. The van der Waals surface area contributed by atoms with Crippen LogP contribution in [0.5, 0.6) is 0 Å².